The van der Waals surface area contributed by atoms with Gasteiger partial charge in [-0.25, -0.2) is 9.59 Å². The summed E-state index contributed by atoms with van der Waals surface area (Å²) in [5.74, 6) is -0.224. The minimum absolute atomic E-state index is 0.262. The summed E-state index contributed by atoms with van der Waals surface area (Å²) in [6, 6.07) is 4.53. The molecule has 0 fully saturated rings. The average molecular weight is 311 g/mol. The van der Waals surface area contributed by atoms with Crippen molar-refractivity contribution in [3.63, 3.8) is 0 Å². The van der Waals surface area contributed by atoms with Crippen molar-refractivity contribution in [2.24, 2.45) is 0 Å². The van der Waals surface area contributed by atoms with Gasteiger partial charge in [-0.1, -0.05) is 11.6 Å². The van der Waals surface area contributed by atoms with Crippen molar-refractivity contribution in [2.45, 2.75) is 26.9 Å². The maximum atomic E-state index is 11.6. The van der Waals surface area contributed by atoms with Crippen molar-refractivity contribution in [3.05, 3.63) is 39.2 Å². The molecule has 1 heterocycles. The fourth-order valence-electron chi connectivity index (χ4n) is 1.91. The molecule has 21 heavy (non-hydrogen) atoms. The molecule has 0 N–H and O–H groups in total. The third kappa shape index (κ3) is 3.36. The van der Waals surface area contributed by atoms with Gasteiger partial charge in [-0.15, -0.1) is 0 Å². The molecule has 0 bridgehead atoms. The lowest BCUT2D eigenvalue weighted by Crippen LogP contribution is -2.26. The van der Waals surface area contributed by atoms with Crippen LogP contribution in [0.3, 0.4) is 0 Å². The molecule has 0 saturated carbocycles. The van der Waals surface area contributed by atoms with Gasteiger partial charge in [0.05, 0.1) is 11.6 Å². The quantitative estimate of drug-likeness (QED) is 0.641. The van der Waals surface area contributed by atoms with Gasteiger partial charge in [0.15, 0.2) is 6.10 Å². The smallest absolute Gasteiger partial charge is 0.347 e. The van der Waals surface area contributed by atoms with Gasteiger partial charge in [0.1, 0.15) is 11.3 Å². The van der Waals surface area contributed by atoms with Gasteiger partial charge >= 0.3 is 11.6 Å². The third-order valence-electron chi connectivity index (χ3n) is 2.93. The van der Waals surface area contributed by atoms with Crippen LogP contribution in [0, 0.1) is 6.92 Å². The van der Waals surface area contributed by atoms with Crippen LogP contribution < -0.4 is 10.4 Å². The maximum absolute atomic E-state index is 11.6. The Kier molecular flexibility index (Phi) is 4.53. The summed E-state index contributed by atoms with van der Waals surface area (Å²) in [5, 5.41) is 1.05. The van der Waals surface area contributed by atoms with Crippen molar-refractivity contribution in [1.29, 1.82) is 0 Å². The molecule has 0 saturated heterocycles. The Balaban J connectivity index is 2.39. The molecule has 2 aromatic rings. The van der Waals surface area contributed by atoms with Crippen LogP contribution in [0.4, 0.5) is 0 Å². The van der Waals surface area contributed by atoms with E-state index in [9.17, 15) is 9.59 Å². The predicted octanol–water partition coefficient (Wildman–Crippen LogP) is 3.09. The van der Waals surface area contributed by atoms with E-state index < -0.39 is 17.7 Å². The highest BCUT2D eigenvalue weighted by Gasteiger charge is 2.18. The van der Waals surface area contributed by atoms with Gasteiger partial charge in [0, 0.05) is 17.5 Å². The minimum Gasteiger partial charge on any atom is -0.477 e. The van der Waals surface area contributed by atoms with Crippen LogP contribution in [-0.2, 0) is 9.53 Å². The highest BCUT2D eigenvalue weighted by molar-refractivity contribution is 6.32. The van der Waals surface area contributed by atoms with Crippen LogP contribution in [0.15, 0.2) is 27.4 Å². The van der Waals surface area contributed by atoms with E-state index >= 15 is 0 Å². The van der Waals surface area contributed by atoms with E-state index in [1.165, 1.54) is 12.1 Å². The largest absolute Gasteiger partial charge is 0.477 e. The molecule has 0 spiro atoms. The Bertz CT molecular complexity index is 735. The monoisotopic (exact) mass is 310 g/mol. The van der Waals surface area contributed by atoms with Crippen LogP contribution in [0.5, 0.6) is 5.75 Å². The van der Waals surface area contributed by atoms with Crippen LogP contribution >= 0.6 is 11.6 Å². The van der Waals surface area contributed by atoms with Gasteiger partial charge < -0.3 is 13.9 Å². The Morgan fingerprint density at radius 2 is 2.10 bits per heavy atom. The normalized spacial score (nSPS) is 12.2. The van der Waals surface area contributed by atoms with E-state index in [2.05, 4.69) is 0 Å². The van der Waals surface area contributed by atoms with Crippen LogP contribution in [0.1, 0.15) is 19.4 Å². The summed E-state index contributed by atoms with van der Waals surface area (Å²) >= 11 is 6.14. The molecule has 0 amide bonds. The van der Waals surface area contributed by atoms with E-state index in [4.69, 9.17) is 25.5 Å². The summed E-state index contributed by atoms with van der Waals surface area (Å²) in [7, 11) is 0. The van der Waals surface area contributed by atoms with Crippen molar-refractivity contribution < 1.29 is 18.7 Å². The van der Waals surface area contributed by atoms with Gasteiger partial charge in [0.25, 0.3) is 0 Å². The van der Waals surface area contributed by atoms with Crippen LogP contribution in [-0.4, -0.2) is 18.7 Å². The Morgan fingerprint density at radius 1 is 1.38 bits per heavy atom. The molecule has 6 heteroatoms. The van der Waals surface area contributed by atoms with Gasteiger partial charge in [-0.2, -0.15) is 0 Å². The SMILES string of the molecule is CCOC(=O)[C@H](C)Oc1cc2oc(=O)cc(C)c2cc1Cl. The van der Waals surface area contributed by atoms with Crippen molar-refractivity contribution in [3.8, 4) is 5.75 Å². The molecule has 5 nitrogen and oxygen atoms in total. The first-order chi connectivity index (χ1) is 9.92. The molecule has 0 aliphatic heterocycles. The number of esters is 1. The third-order valence-corrected chi connectivity index (χ3v) is 3.22. The van der Waals surface area contributed by atoms with Crippen molar-refractivity contribution in [1.82, 2.24) is 0 Å². The number of carbonyl (C=O) groups excluding carboxylic acids is 1. The molecule has 112 valence electrons. The van der Waals surface area contributed by atoms with E-state index in [1.54, 1.807) is 26.8 Å². The Morgan fingerprint density at radius 3 is 2.76 bits per heavy atom. The summed E-state index contributed by atoms with van der Waals surface area (Å²) in [4.78, 5) is 23.0. The van der Waals surface area contributed by atoms with E-state index in [1.807, 2.05) is 0 Å². The molecule has 1 atom stereocenters. The first-order valence-electron chi connectivity index (χ1n) is 6.49. The summed E-state index contributed by atoms with van der Waals surface area (Å²) in [5.41, 5.74) is 0.662. The second-order valence-corrected chi connectivity index (χ2v) is 4.95. The molecule has 1 aromatic carbocycles. The first-order valence-corrected chi connectivity index (χ1v) is 6.87. The van der Waals surface area contributed by atoms with E-state index in [0.29, 0.717) is 10.6 Å². The van der Waals surface area contributed by atoms with Crippen LogP contribution in [0.2, 0.25) is 5.02 Å². The van der Waals surface area contributed by atoms with Crippen molar-refractivity contribution >= 4 is 28.5 Å². The number of fused-ring (bicyclic) bond motifs is 1. The average Bonchev–Trinajstić information content (AvgIpc) is 2.41. The number of hydrogen-bond acceptors (Lipinski definition) is 5. The second-order valence-electron chi connectivity index (χ2n) is 4.54. The van der Waals surface area contributed by atoms with Gasteiger partial charge in [0.2, 0.25) is 0 Å². The fraction of sp³-hybridized carbons (Fsp3) is 0.333. The first kappa shape index (κ1) is 15.4. The number of halogens is 1. The highest BCUT2D eigenvalue weighted by atomic mass is 35.5. The molecule has 0 unspecified atom stereocenters. The summed E-state index contributed by atoms with van der Waals surface area (Å²) in [6.07, 6.45) is -0.809. The molecular weight excluding hydrogens is 296 g/mol. The molecule has 2 rings (SSSR count). The summed E-state index contributed by atoms with van der Waals surface area (Å²) < 4.78 is 15.5. The lowest BCUT2D eigenvalue weighted by Gasteiger charge is -2.15. The maximum Gasteiger partial charge on any atom is 0.347 e. The highest BCUT2D eigenvalue weighted by Crippen LogP contribution is 2.31. The zero-order valence-corrected chi connectivity index (χ0v) is 12.7. The number of ether oxygens (including phenoxy) is 2. The number of rotatable bonds is 4. The lowest BCUT2D eigenvalue weighted by molar-refractivity contribution is -0.150. The fourth-order valence-corrected chi connectivity index (χ4v) is 2.12. The molecular formula is C15H15ClO5. The standard InChI is InChI=1S/C15H15ClO5/c1-4-19-15(18)9(3)20-13-7-12-10(6-11(13)16)8(2)5-14(17)21-12/h5-7,9H,4H2,1-3H3/t9-/m0/s1. The molecule has 0 radical (unpaired) electrons. The van der Waals surface area contributed by atoms with E-state index in [-0.39, 0.29) is 12.4 Å². The molecule has 0 aliphatic carbocycles. The lowest BCUT2D eigenvalue weighted by atomic mass is 10.1. The Hall–Kier alpha value is -2.01. The zero-order chi connectivity index (χ0) is 15.6. The van der Waals surface area contributed by atoms with Gasteiger partial charge in [-0.05, 0) is 32.4 Å². The minimum atomic E-state index is -0.809. The molecule has 0 aliphatic rings. The molecule has 1 aromatic heterocycles. The number of hydrogen-bond donors (Lipinski definition) is 0. The number of carbonyl (C=O) groups is 1. The topological polar surface area (TPSA) is 65.7 Å². The zero-order valence-electron chi connectivity index (χ0n) is 11.9. The summed E-state index contributed by atoms with van der Waals surface area (Å²) in [6.45, 7) is 5.33. The number of aryl methyl sites for hydroxylation is 1. The predicted molar refractivity (Wildman–Crippen MR) is 79.0 cm³/mol. The second kappa shape index (κ2) is 6.18. The van der Waals surface area contributed by atoms with Crippen molar-refractivity contribution in [2.75, 3.05) is 6.61 Å². The van der Waals surface area contributed by atoms with Gasteiger partial charge in [-0.3, -0.25) is 0 Å². The van der Waals surface area contributed by atoms with Crippen LogP contribution in [0.25, 0.3) is 11.0 Å². The van der Waals surface area contributed by atoms with E-state index in [0.717, 1.165) is 10.9 Å². The number of benzene rings is 1. The Labute approximate surface area is 126 Å².